The van der Waals surface area contributed by atoms with Crippen LogP contribution < -0.4 is 16.4 Å². The van der Waals surface area contributed by atoms with Crippen LogP contribution in [0.1, 0.15) is 47.1 Å². The number of carbonyl (C=O) groups is 2. The van der Waals surface area contributed by atoms with E-state index in [4.69, 9.17) is 5.73 Å². The maximum absolute atomic E-state index is 12.7. The lowest BCUT2D eigenvalue weighted by Crippen LogP contribution is -2.51. The summed E-state index contributed by atoms with van der Waals surface area (Å²) in [5.74, 6) is -0.282. The number of carbonyl (C=O) groups excluding carboxylic acids is 2. The van der Waals surface area contributed by atoms with Crippen LogP contribution in [0.2, 0.25) is 0 Å². The summed E-state index contributed by atoms with van der Waals surface area (Å²) in [6.45, 7) is 5.89. The minimum absolute atomic E-state index is 0.160. The molecule has 35 heavy (non-hydrogen) atoms. The first-order valence-electron chi connectivity index (χ1n) is 12.0. The molecule has 0 bridgehead atoms. The Bertz CT molecular complexity index is 1070. The molecule has 0 heterocycles. The minimum atomic E-state index is -0.798. The lowest BCUT2D eigenvalue weighted by atomic mass is 9.88. The number of hydrogen-bond donors (Lipinski definition) is 4. The average Bonchev–Trinajstić information content (AvgIpc) is 2.84. The molecule has 0 aliphatic heterocycles. The highest BCUT2D eigenvalue weighted by Crippen LogP contribution is 2.27. The molecule has 0 aliphatic carbocycles. The van der Waals surface area contributed by atoms with Crippen molar-refractivity contribution in [1.82, 2.24) is 10.6 Å². The van der Waals surface area contributed by atoms with Gasteiger partial charge in [0.05, 0.1) is 6.04 Å². The van der Waals surface area contributed by atoms with Crippen molar-refractivity contribution < 1.29 is 14.7 Å². The smallest absolute Gasteiger partial charge is 0.242 e. The first kappa shape index (κ1) is 26.0. The molecule has 3 aromatic rings. The van der Waals surface area contributed by atoms with Crippen LogP contribution in [-0.2, 0) is 16.0 Å². The molecular formula is C29H35N3O3. The van der Waals surface area contributed by atoms with Crippen molar-refractivity contribution in [2.24, 2.45) is 5.73 Å². The predicted octanol–water partition coefficient (Wildman–Crippen LogP) is 3.72. The topological polar surface area (TPSA) is 104 Å². The molecule has 0 saturated heterocycles. The van der Waals surface area contributed by atoms with E-state index >= 15 is 0 Å². The van der Waals surface area contributed by atoms with Gasteiger partial charge in [0, 0.05) is 12.5 Å². The minimum Gasteiger partial charge on any atom is -0.508 e. The SMILES string of the molecule is Cc1cc(O)cc(C)c1C[C@H](N)C(=O)N[C@H](C)C(=O)NCCC(c1ccccc1)c1ccccc1. The summed E-state index contributed by atoms with van der Waals surface area (Å²) in [6, 6.07) is 22.3. The van der Waals surface area contributed by atoms with E-state index in [2.05, 4.69) is 34.9 Å². The fourth-order valence-electron chi connectivity index (χ4n) is 4.38. The fraction of sp³-hybridized carbons (Fsp3) is 0.310. The summed E-state index contributed by atoms with van der Waals surface area (Å²) in [6.07, 6.45) is 1.06. The van der Waals surface area contributed by atoms with Gasteiger partial charge in [-0.05, 0) is 73.6 Å². The maximum Gasteiger partial charge on any atom is 0.242 e. The van der Waals surface area contributed by atoms with Crippen LogP contribution >= 0.6 is 0 Å². The Morgan fingerprint density at radius 2 is 1.40 bits per heavy atom. The van der Waals surface area contributed by atoms with Crippen molar-refractivity contribution in [3.63, 3.8) is 0 Å². The van der Waals surface area contributed by atoms with Crippen molar-refractivity contribution in [2.75, 3.05) is 6.54 Å². The molecule has 2 amide bonds. The van der Waals surface area contributed by atoms with E-state index in [0.717, 1.165) is 23.1 Å². The molecule has 3 aromatic carbocycles. The van der Waals surface area contributed by atoms with Crippen LogP contribution in [0.3, 0.4) is 0 Å². The number of rotatable bonds is 10. The maximum atomic E-state index is 12.7. The van der Waals surface area contributed by atoms with Gasteiger partial charge in [-0.2, -0.15) is 0 Å². The molecule has 0 fully saturated rings. The monoisotopic (exact) mass is 473 g/mol. The third-order valence-electron chi connectivity index (χ3n) is 6.33. The molecule has 0 aromatic heterocycles. The van der Waals surface area contributed by atoms with Crippen LogP contribution in [-0.4, -0.2) is 35.5 Å². The highest BCUT2D eigenvalue weighted by Gasteiger charge is 2.22. The van der Waals surface area contributed by atoms with Crippen molar-refractivity contribution >= 4 is 11.8 Å². The zero-order valence-corrected chi connectivity index (χ0v) is 20.6. The zero-order valence-electron chi connectivity index (χ0n) is 20.6. The van der Waals surface area contributed by atoms with Gasteiger partial charge in [-0.1, -0.05) is 60.7 Å². The van der Waals surface area contributed by atoms with Gasteiger partial charge in [-0.25, -0.2) is 0 Å². The van der Waals surface area contributed by atoms with Gasteiger partial charge in [-0.3, -0.25) is 9.59 Å². The molecule has 0 spiro atoms. The number of benzene rings is 3. The summed E-state index contributed by atoms with van der Waals surface area (Å²) < 4.78 is 0. The van der Waals surface area contributed by atoms with E-state index in [9.17, 15) is 14.7 Å². The van der Waals surface area contributed by atoms with Gasteiger partial charge < -0.3 is 21.5 Å². The van der Waals surface area contributed by atoms with Crippen molar-refractivity contribution in [1.29, 1.82) is 0 Å². The number of phenolic OH excluding ortho intramolecular Hbond substituents is 1. The second kappa shape index (κ2) is 12.2. The van der Waals surface area contributed by atoms with Gasteiger partial charge >= 0.3 is 0 Å². The number of aryl methyl sites for hydroxylation is 2. The second-order valence-corrected chi connectivity index (χ2v) is 9.05. The first-order chi connectivity index (χ1) is 16.8. The third-order valence-corrected chi connectivity index (χ3v) is 6.33. The quantitative estimate of drug-likeness (QED) is 0.360. The molecule has 0 radical (unpaired) electrons. The van der Waals surface area contributed by atoms with E-state index in [1.54, 1.807) is 19.1 Å². The van der Waals surface area contributed by atoms with Gasteiger partial charge in [0.1, 0.15) is 11.8 Å². The van der Waals surface area contributed by atoms with Crippen LogP contribution in [0.15, 0.2) is 72.8 Å². The van der Waals surface area contributed by atoms with Crippen molar-refractivity contribution in [2.45, 2.75) is 51.6 Å². The van der Waals surface area contributed by atoms with Gasteiger partial charge in [0.25, 0.3) is 0 Å². The Kier molecular flexibility index (Phi) is 9.04. The normalized spacial score (nSPS) is 12.7. The van der Waals surface area contributed by atoms with Gasteiger partial charge in [-0.15, -0.1) is 0 Å². The summed E-state index contributed by atoms with van der Waals surface area (Å²) >= 11 is 0. The van der Waals surface area contributed by atoms with Crippen LogP contribution in [0.4, 0.5) is 0 Å². The van der Waals surface area contributed by atoms with E-state index in [0.29, 0.717) is 13.0 Å². The van der Waals surface area contributed by atoms with E-state index < -0.39 is 12.1 Å². The Labute approximate surface area is 207 Å². The third kappa shape index (κ3) is 7.17. The van der Waals surface area contributed by atoms with E-state index in [1.807, 2.05) is 50.2 Å². The summed E-state index contributed by atoms with van der Waals surface area (Å²) in [4.78, 5) is 25.3. The summed E-state index contributed by atoms with van der Waals surface area (Å²) in [5.41, 5.74) is 11.2. The molecule has 0 aliphatic rings. The lowest BCUT2D eigenvalue weighted by molar-refractivity contribution is -0.129. The number of phenols is 1. The Morgan fingerprint density at radius 1 is 0.886 bits per heavy atom. The van der Waals surface area contributed by atoms with Gasteiger partial charge in [0.15, 0.2) is 0 Å². The molecule has 6 nitrogen and oxygen atoms in total. The first-order valence-corrected chi connectivity index (χ1v) is 12.0. The molecule has 3 rings (SSSR count). The number of nitrogens with one attached hydrogen (secondary N) is 2. The summed E-state index contributed by atoms with van der Waals surface area (Å²) in [7, 11) is 0. The molecular weight excluding hydrogens is 438 g/mol. The molecule has 6 heteroatoms. The standard InChI is InChI=1S/C29H35N3O3/c1-19-16-24(33)17-20(2)26(19)18-27(30)29(35)32-21(3)28(34)31-15-14-25(22-10-6-4-7-11-22)23-12-8-5-9-13-23/h4-13,16-17,21,25,27,33H,14-15,18,30H2,1-3H3,(H,31,34)(H,32,35)/t21-,27+/m1/s1. The Morgan fingerprint density at radius 3 is 1.91 bits per heavy atom. The molecule has 0 saturated carbocycles. The molecule has 0 unspecified atom stereocenters. The van der Waals surface area contributed by atoms with Crippen LogP contribution in [0.25, 0.3) is 0 Å². The predicted molar refractivity (Wildman–Crippen MR) is 139 cm³/mol. The van der Waals surface area contributed by atoms with Crippen LogP contribution in [0.5, 0.6) is 5.75 Å². The van der Waals surface area contributed by atoms with Gasteiger partial charge in [0.2, 0.25) is 11.8 Å². The number of amides is 2. The largest absolute Gasteiger partial charge is 0.508 e. The highest BCUT2D eigenvalue weighted by molar-refractivity contribution is 5.89. The number of hydrogen-bond acceptors (Lipinski definition) is 4. The van der Waals surface area contributed by atoms with E-state index in [-0.39, 0.29) is 23.5 Å². The summed E-state index contributed by atoms with van der Waals surface area (Å²) in [5, 5.41) is 15.4. The number of aromatic hydroxyl groups is 1. The molecule has 184 valence electrons. The van der Waals surface area contributed by atoms with Crippen LogP contribution in [0, 0.1) is 13.8 Å². The zero-order chi connectivity index (χ0) is 25.4. The molecule has 5 N–H and O–H groups in total. The lowest BCUT2D eigenvalue weighted by Gasteiger charge is -2.21. The fourth-order valence-corrected chi connectivity index (χ4v) is 4.38. The second-order valence-electron chi connectivity index (χ2n) is 9.05. The Balaban J connectivity index is 1.53. The number of nitrogens with two attached hydrogens (primary N) is 1. The van der Waals surface area contributed by atoms with Crippen molar-refractivity contribution in [3.05, 3.63) is 101 Å². The molecule has 2 atom stereocenters. The van der Waals surface area contributed by atoms with Crippen molar-refractivity contribution in [3.8, 4) is 5.75 Å². The Hall–Kier alpha value is -3.64. The highest BCUT2D eigenvalue weighted by atomic mass is 16.3. The average molecular weight is 474 g/mol. The van der Waals surface area contributed by atoms with E-state index in [1.165, 1.54) is 11.1 Å².